The van der Waals surface area contributed by atoms with Gasteiger partial charge in [-0.3, -0.25) is 9.69 Å². The number of carboxylic acids is 1. The highest BCUT2D eigenvalue weighted by Crippen LogP contribution is 2.26. The number of carboxylic acid groups (broad SMARTS) is 1. The maximum absolute atomic E-state index is 12.2. The van der Waals surface area contributed by atoms with Crippen LogP contribution in [-0.2, 0) is 4.79 Å². The van der Waals surface area contributed by atoms with E-state index in [1.807, 2.05) is 6.92 Å². The third-order valence-electron chi connectivity index (χ3n) is 3.46. The van der Waals surface area contributed by atoms with Gasteiger partial charge in [0.15, 0.2) is 0 Å². The van der Waals surface area contributed by atoms with E-state index in [-0.39, 0.29) is 18.6 Å². The fourth-order valence-corrected chi connectivity index (χ4v) is 2.30. The molecule has 0 saturated heterocycles. The summed E-state index contributed by atoms with van der Waals surface area (Å²) in [5.41, 5.74) is 0. The molecule has 0 bridgehead atoms. The lowest BCUT2D eigenvalue weighted by Gasteiger charge is -2.42. The third kappa shape index (κ3) is 5.78. The van der Waals surface area contributed by atoms with E-state index < -0.39 is 24.7 Å². The minimum Gasteiger partial charge on any atom is -0.480 e. The van der Waals surface area contributed by atoms with Crippen molar-refractivity contribution in [3.8, 4) is 0 Å². The molecule has 0 aliphatic heterocycles. The van der Waals surface area contributed by atoms with Gasteiger partial charge in [-0.2, -0.15) is 13.2 Å². The highest BCUT2D eigenvalue weighted by atomic mass is 19.4. The molecule has 9 heteroatoms. The Balaban J connectivity index is 2.34. The Morgan fingerprint density at radius 2 is 1.90 bits per heavy atom. The van der Waals surface area contributed by atoms with Gasteiger partial charge in [0.25, 0.3) is 0 Å². The van der Waals surface area contributed by atoms with Crippen molar-refractivity contribution in [3.05, 3.63) is 0 Å². The van der Waals surface area contributed by atoms with Crippen molar-refractivity contribution < 1.29 is 27.9 Å². The molecule has 1 saturated carbocycles. The van der Waals surface area contributed by atoms with Gasteiger partial charge in [0.2, 0.25) is 0 Å². The van der Waals surface area contributed by atoms with Crippen LogP contribution in [0, 0.1) is 0 Å². The highest BCUT2D eigenvalue weighted by Gasteiger charge is 2.36. The first-order valence-corrected chi connectivity index (χ1v) is 6.66. The predicted molar refractivity (Wildman–Crippen MR) is 68.9 cm³/mol. The van der Waals surface area contributed by atoms with Gasteiger partial charge in [0.05, 0.1) is 6.54 Å². The van der Waals surface area contributed by atoms with Gasteiger partial charge in [-0.15, -0.1) is 0 Å². The van der Waals surface area contributed by atoms with Crippen LogP contribution in [-0.4, -0.2) is 71.8 Å². The number of amides is 2. The fourth-order valence-electron chi connectivity index (χ4n) is 2.30. The molecule has 1 aliphatic rings. The molecular weight excluding hydrogens is 291 g/mol. The van der Waals surface area contributed by atoms with Gasteiger partial charge in [0, 0.05) is 19.1 Å². The molecule has 6 nitrogen and oxygen atoms in total. The van der Waals surface area contributed by atoms with Gasteiger partial charge >= 0.3 is 18.2 Å². The second-order valence-corrected chi connectivity index (χ2v) is 5.20. The molecule has 21 heavy (non-hydrogen) atoms. The first-order chi connectivity index (χ1) is 9.62. The van der Waals surface area contributed by atoms with E-state index in [2.05, 4.69) is 5.32 Å². The lowest BCUT2D eigenvalue weighted by molar-refractivity contribution is -0.139. The zero-order chi connectivity index (χ0) is 16.2. The summed E-state index contributed by atoms with van der Waals surface area (Å²) in [7, 11) is 1.09. The van der Waals surface area contributed by atoms with E-state index in [4.69, 9.17) is 5.11 Å². The Labute approximate surface area is 120 Å². The lowest BCUT2D eigenvalue weighted by atomic mass is 9.85. The standard InChI is InChI=1S/C12H20F3N3O3/c1-3-18(6-10(19)20)9-4-8(5-9)16-11(21)17(2)7-12(13,14)15/h8-9H,3-7H2,1-2H3,(H,16,21)(H,19,20). The Hall–Kier alpha value is -1.51. The molecule has 0 unspecified atom stereocenters. The van der Waals surface area contributed by atoms with Gasteiger partial charge in [0.1, 0.15) is 6.54 Å². The second kappa shape index (κ2) is 6.97. The monoisotopic (exact) mass is 311 g/mol. The smallest absolute Gasteiger partial charge is 0.406 e. The number of carbonyl (C=O) groups is 2. The molecule has 2 amide bonds. The molecule has 1 fully saturated rings. The summed E-state index contributed by atoms with van der Waals surface area (Å²) in [6.45, 7) is 1.04. The number of hydrogen-bond acceptors (Lipinski definition) is 3. The summed E-state index contributed by atoms with van der Waals surface area (Å²) in [6, 6.07) is -0.928. The maximum atomic E-state index is 12.2. The summed E-state index contributed by atoms with van der Waals surface area (Å²) in [5, 5.41) is 11.3. The minimum atomic E-state index is -4.42. The molecular formula is C12H20F3N3O3. The third-order valence-corrected chi connectivity index (χ3v) is 3.46. The van der Waals surface area contributed by atoms with E-state index in [1.165, 1.54) is 0 Å². The van der Waals surface area contributed by atoms with E-state index in [9.17, 15) is 22.8 Å². The zero-order valence-electron chi connectivity index (χ0n) is 12.0. The maximum Gasteiger partial charge on any atom is 0.406 e. The van der Waals surface area contributed by atoms with Gasteiger partial charge < -0.3 is 15.3 Å². The Bertz CT molecular complexity index is 384. The molecule has 0 atom stereocenters. The van der Waals surface area contributed by atoms with Crippen molar-refractivity contribution in [3.63, 3.8) is 0 Å². The van der Waals surface area contributed by atoms with Crippen molar-refractivity contribution in [2.45, 2.75) is 38.0 Å². The normalized spacial score (nSPS) is 21.8. The number of hydrogen-bond donors (Lipinski definition) is 2. The molecule has 122 valence electrons. The molecule has 0 aromatic heterocycles. The van der Waals surface area contributed by atoms with Crippen molar-refractivity contribution >= 4 is 12.0 Å². The van der Waals surface area contributed by atoms with Gasteiger partial charge in [-0.25, -0.2) is 4.79 Å². The summed E-state index contributed by atoms with van der Waals surface area (Å²) >= 11 is 0. The van der Waals surface area contributed by atoms with Crippen LogP contribution in [0.2, 0.25) is 0 Å². The number of alkyl halides is 3. The van der Waals surface area contributed by atoms with Crippen molar-refractivity contribution in [2.24, 2.45) is 0 Å². The average Bonchev–Trinajstić information content (AvgIpc) is 2.27. The van der Waals surface area contributed by atoms with Crippen LogP contribution in [0.3, 0.4) is 0 Å². The van der Waals surface area contributed by atoms with Crippen LogP contribution in [0.5, 0.6) is 0 Å². The van der Waals surface area contributed by atoms with Crippen LogP contribution >= 0.6 is 0 Å². The molecule has 1 rings (SSSR count). The molecule has 0 aromatic rings. The zero-order valence-corrected chi connectivity index (χ0v) is 12.0. The first kappa shape index (κ1) is 17.5. The Morgan fingerprint density at radius 3 is 2.33 bits per heavy atom. The topological polar surface area (TPSA) is 72.9 Å². The number of nitrogens with one attached hydrogen (secondary N) is 1. The van der Waals surface area contributed by atoms with Crippen LogP contribution in [0.4, 0.5) is 18.0 Å². The molecule has 0 spiro atoms. The summed E-state index contributed by atoms with van der Waals surface area (Å²) in [5.74, 6) is -0.922. The number of aliphatic carboxylic acids is 1. The number of rotatable bonds is 6. The minimum absolute atomic E-state index is 0.0457. The van der Waals surface area contributed by atoms with E-state index in [0.717, 1.165) is 7.05 Å². The number of halogens is 3. The van der Waals surface area contributed by atoms with E-state index in [1.54, 1.807) is 4.90 Å². The van der Waals surface area contributed by atoms with E-state index in [0.29, 0.717) is 24.3 Å². The summed E-state index contributed by atoms with van der Waals surface area (Å²) < 4.78 is 36.5. The quantitative estimate of drug-likeness (QED) is 0.771. The summed E-state index contributed by atoms with van der Waals surface area (Å²) in [6.07, 6.45) is -3.33. The number of nitrogens with zero attached hydrogens (tertiary/aromatic N) is 2. The number of carbonyl (C=O) groups excluding carboxylic acids is 1. The predicted octanol–water partition coefficient (Wildman–Crippen LogP) is 1.13. The number of likely N-dealkylation sites (N-methyl/N-ethyl adjacent to an activating group) is 1. The molecule has 0 aromatic carbocycles. The fraction of sp³-hybridized carbons (Fsp3) is 0.833. The molecule has 1 aliphatic carbocycles. The molecule has 0 heterocycles. The molecule has 0 radical (unpaired) electrons. The van der Waals surface area contributed by atoms with E-state index >= 15 is 0 Å². The first-order valence-electron chi connectivity index (χ1n) is 6.66. The SMILES string of the molecule is CCN(CC(=O)O)C1CC(NC(=O)N(C)CC(F)(F)F)C1. The Morgan fingerprint density at radius 1 is 1.33 bits per heavy atom. The van der Waals surface area contributed by atoms with Crippen LogP contribution in [0.25, 0.3) is 0 Å². The number of urea groups is 1. The van der Waals surface area contributed by atoms with Crippen LogP contribution in [0.15, 0.2) is 0 Å². The van der Waals surface area contributed by atoms with Crippen molar-refractivity contribution in [1.82, 2.24) is 15.1 Å². The Kier molecular flexibility index (Phi) is 5.82. The van der Waals surface area contributed by atoms with Gasteiger partial charge in [-0.1, -0.05) is 6.92 Å². The second-order valence-electron chi connectivity index (χ2n) is 5.20. The van der Waals surface area contributed by atoms with Crippen molar-refractivity contribution in [1.29, 1.82) is 0 Å². The van der Waals surface area contributed by atoms with Crippen LogP contribution in [0.1, 0.15) is 19.8 Å². The molecule has 2 N–H and O–H groups in total. The highest BCUT2D eigenvalue weighted by molar-refractivity contribution is 5.74. The van der Waals surface area contributed by atoms with Crippen molar-refractivity contribution in [2.75, 3.05) is 26.7 Å². The largest absolute Gasteiger partial charge is 0.480 e. The van der Waals surface area contributed by atoms with Gasteiger partial charge in [-0.05, 0) is 19.4 Å². The average molecular weight is 311 g/mol. The van der Waals surface area contributed by atoms with Crippen LogP contribution < -0.4 is 5.32 Å². The lowest BCUT2D eigenvalue weighted by Crippen LogP contribution is -2.57. The summed E-state index contributed by atoms with van der Waals surface area (Å²) in [4.78, 5) is 24.6.